The maximum atomic E-state index is 12.7. The van der Waals surface area contributed by atoms with Crippen LogP contribution in [0.15, 0.2) is 40.9 Å². The molecular weight excluding hydrogens is 491 g/mol. The molecule has 2 aromatic heterocycles. The zero-order valence-electron chi connectivity index (χ0n) is 19.1. The SMILES string of the molecule is COC(=O)CC1=c2c(=C=N)c3cc(-c4noc(-c5cc(C#N)cc(OC(F)(F)F)c5)n4)ccc3n2CC1. The second kappa shape index (κ2) is 8.96. The number of hydrogen-bond acceptors (Lipinski definition) is 8. The van der Waals surface area contributed by atoms with E-state index in [9.17, 15) is 23.2 Å². The highest BCUT2D eigenvalue weighted by Crippen LogP contribution is 2.31. The average molecular weight is 507 g/mol. The molecule has 0 unspecified atom stereocenters. The molecule has 0 radical (unpaired) electrons. The number of esters is 1. The zero-order valence-corrected chi connectivity index (χ0v) is 19.1. The van der Waals surface area contributed by atoms with Gasteiger partial charge in [-0.05, 0) is 54.3 Å². The molecule has 0 bridgehead atoms. The van der Waals surface area contributed by atoms with Crippen molar-refractivity contribution in [3.8, 4) is 34.7 Å². The van der Waals surface area contributed by atoms with Gasteiger partial charge in [0.25, 0.3) is 5.89 Å². The first-order valence-electron chi connectivity index (χ1n) is 10.9. The number of methoxy groups -OCH3 is 1. The summed E-state index contributed by atoms with van der Waals surface area (Å²) >= 11 is 0. The maximum absolute atomic E-state index is 12.7. The van der Waals surface area contributed by atoms with Crippen LogP contribution in [0, 0.1) is 16.7 Å². The molecule has 2 aromatic carbocycles. The summed E-state index contributed by atoms with van der Waals surface area (Å²) in [6.07, 6.45) is -4.16. The third kappa shape index (κ3) is 4.44. The van der Waals surface area contributed by atoms with Gasteiger partial charge in [-0.2, -0.15) is 10.2 Å². The Morgan fingerprint density at radius 3 is 2.76 bits per heavy atom. The summed E-state index contributed by atoms with van der Waals surface area (Å²) in [5, 5.41) is 23.0. The highest BCUT2D eigenvalue weighted by molar-refractivity contribution is 5.90. The van der Waals surface area contributed by atoms with Crippen molar-refractivity contribution in [2.45, 2.75) is 25.7 Å². The predicted molar refractivity (Wildman–Crippen MR) is 123 cm³/mol. The summed E-state index contributed by atoms with van der Waals surface area (Å²) in [7, 11) is 1.32. The Morgan fingerprint density at radius 2 is 2.05 bits per heavy atom. The number of hydrogen-bond donors (Lipinski definition) is 1. The number of carbonyl (C=O) groups excluding carboxylic acids is 1. The number of ether oxygens (including phenoxy) is 2. The molecule has 186 valence electrons. The number of halogens is 3. The van der Waals surface area contributed by atoms with Gasteiger partial charge < -0.3 is 18.6 Å². The smallest absolute Gasteiger partial charge is 0.469 e. The first-order chi connectivity index (χ1) is 17.7. The van der Waals surface area contributed by atoms with Gasteiger partial charge in [-0.25, -0.2) is 0 Å². The Hall–Kier alpha value is -4.88. The van der Waals surface area contributed by atoms with Crippen LogP contribution < -0.4 is 15.3 Å². The number of carbonyl (C=O) groups is 1. The molecule has 0 amide bonds. The van der Waals surface area contributed by atoms with E-state index in [1.54, 1.807) is 18.2 Å². The van der Waals surface area contributed by atoms with Gasteiger partial charge >= 0.3 is 12.3 Å². The van der Waals surface area contributed by atoms with Crippen molar-refractivity contribution in [2.24, 2.45) is 0 Å². The first kappa shape index (κ1) is 23.8. The van der Waals surface area contributed by atoms with E-state index >= 15 is 0 Å². The van der Waals surface area contributed by atoms with Gasteiger partial charge in [0.1, 0.15) is 5.75 Å². The van der Waals surface area contributed by atoms with Crippen LogP contribution in [-0.4, -0.2) is 40.0 Å². The Kier molecular flexibility index (Phi) is 5.78. The molecule has 0 aliphatic carbocycles. The Bertz CT molecular complexity index is 1760. The number of benzene rings is 2. The normalized spacial score (nSPS) is 12.8. The van der Waals surface area contributed by atoms with Gasteiger partial charge in [0.05, 0.1) is 35.7 Å². The van der Waals surface area contributed by atoms with E-state index in [2.05, 4.69) is 20.7 Å². The highest BCUT2D eigenvalue weighted by atomic mass is 19.4. The molecule has 12 heteroatoms. The standard InChI is InChI=1S/C25H16F3N5O4/c1-35-21(34)10-14-4-5-33-20-3-2-15(9-18(20)19(12-30)22(14)33)23-31-24(37-32-23)16-6-13(11-29)7-17(8-16)36-25(26,27)28/h2-3,6-9,30H,4-5,10H2,1H3. The van der Waals surface area contributed by atoms with Crippen LogP contribution in [0.1, 0.15) is 18.4 Å². The van der Waals surface area contributed by atoms with E-state index in [-0.39, 0.29) is 35.2 Å². The molecule has 4 aromatic rings. The lowest BCUT2D eigenvalue weighted by Gasteiger charge is -2.09. The van der Waals surface area contributed by atoms with Crippen molar-refractivity contribution in [3.05, 3.63) is 52.5 Å². The fourth-order valence-electron chi connectivity index (χ4n) is 4.44. The molecule has 0 spiro atoms. The molecule has 3 heterocycles. The number of fused-ring (bicyclic) bond motifs is 3. The molecule has 1 aliphatic rings. The lowest BCUT2D eigenvalue weighted by Crippen LogP contribution is -2.29. The van der Waals surface area contributed by atoms with E-state index in [1.807, 2.05) is 10.6 Å². The van der Waals surface area contributed by atoms with E-state index in [1.165, 1.54) is 13.2 Å². The topological polar surface area (TPSA) is 127 Å². The molecule has 0 atom stereocenters. The molecule has 1 aliphatic heterocycles. The van der Waals surface area contributed by atoms with Crippen LogP contribution in [0.2, 0.25) is 0 Å². The fourth-order valence-corrected chi connectivity index (χ4v) is 4.44. The maximum Gasteiger partial charge on any atom is 0.573 e. The monoisotopic (exact) mass is 507 g/mol. The van der Waals surface area contributed by atoms with Crippen LogP contribution in [0.25, 0.3) is 39.3 Å². The average Bonchev–Trinajstić information content (AvgIpc) is 3.58. The fraction of sp³-hybridized carbons (Fsp3) is 0.200. The van der Waals surface area contributed by atoms with Crippen LogP contribution in [0.4, 0.5) is 13.2 Å². The van der Waals surface area contributed by atoms with Gasteiger partial charge in [-0.3, -0.25) is 10.2 Å². The van der Waals surface area contributed by atoms with Gasteiger partial charge in [-0.1, -0.05) is 5.16 Å². The quantitative estimate of drug-likeness (QED) is 0.325. The summed E-state index contributed by atoms with van der Waals surface area (Å²) in [6.45, 7) is 0.642. The molecule has 37 heavy (non-hydrogen) atoms. The number of alkyl halides is 3. The van der Waals surface area contributed by atoms with Gasteiger partial charge in [-0.15, -0.1) is 13.2 Å². The van der Waals surface area contributed by atoms with Crippen molar-refractivity contribution in [1.29, 1.82) is 10.7 Å². The number of aromatic nitrogens is 3. The third-order valence-corrected chi connectivity index (χ3v) is 5.95. The Morgan fingerprint density at radius 1 is 1.24 bits per heavy atom. The summed E-state index contributed by atoms with van der Waals surface area (Å²) in [5.74, 6) is 1.57. The lowest BCUT2D eigenvalue weighted by atomic mass is 10.1. The zero-order chi connectivity index (χ0) is 26.3. The van der Waals surface area contributed by atoms with Crippen molar-refractivity contribution in [1.82, 2.24) is 14.7 Å². The molecule has 1 N–H and O–H groups in total. The molecular formula is C25H16F3N5O4. The lowest BCUT2D eigenvalue weighted by molar-refractivity contribution is -0.274. The van der Waals surface area contributed by atoms with Gasteiger partial charge in [0.15, 0.2) is 0 Å². The number of rotatable bonds is 5. The van der Waals surface area contributed by atoms with E-state index in [0.717, 1.165) is 28.6 Å². The molecule has 0 saturated carbocycles. The van der Waals surface area contributed by atoms with Gasteiger partial charge in [0, 0.05) is 28.6 Å². The van der Waals surface area contributed by atoms with Crippen LogP contribution in [0.5, 0.6) is 5.75 Å². The molecule has 0 saturated heterocycles. The van der Waals surface area contributed by atoms with E-state index in [0.29, 0.717) is 29.1 Å². The minimum absolute atomic E-state index is 0.0774. The largest absolute Gasteiger partial charge is 0.573 e. The van der Waals surface area contributed by atoms with Crippen molar-refractivity contribution in [2.75, 3.05) is 7.11 Å². The second-order valence-corrected chi connectivity index (χ2v) is 8.17. The number of nitrogens with one attached hydrogen (secondary N) is 1. The van der Waals surface area contributed by atoms with Crippen LogP contribution >= 0.6 is 0 Å². The van der Waals surface area contributed by atoms with Gasteiger partial charge in [0.2, 0.25) is 5.82 Å². The summed E-state index contributed by atoms with van der Waals surface area (Å²) in [6, 6.07) is 10.4. The van der Waals surface area contributed by atoms with Crippen molar-refractivity contribution >= 4 is 28.3 Å². The van der Waals surface area contributed by atoms with Crippen LogP contribution in [-0.2, 0) is 16.1 Å². The molecule has 0 fully saturated rings. The van der Waals surface area contributed by atoms with E-state index < -0.39 is 12.1 Å². The van der Waals surface area contributed by atoms with Crippen molar-refractivity contribution in [3.63, 3.8) is 0 Å². The van der Waals surface area contributed by atoms with Crippen LogP contribution in [0.3, 0.4) is 0 Å². The summed E-state index contributed by atoms with van der Waals surface area (Å²) in [5.41, 5.74) is 2.23. The minimum Gasteiger partial charge on any atom is -0.469 e. The predicted octanol–water partition coefficient (Wildman–Crippen LogP) is 3.17. The van der Waals surface area contributed by atoms with E-state index in [4.69, 9.17) is 14.7 Å². The summed E-state index contributed by atoms with van der Waals surface area (Å²) < 4.78 is 54.1. The number of nitriles is 1. The summed E-state index contributed by atoms with van der Waals surface area (Å²) in [4.78, 5) is 16.1. The highest BCUT2D eigenvalue weighted by Gasteiger charge is 2.31. The number of aryl methyl sites for hydroxylation is 1. The second-order valence-electron chi connectivity index (χ2n) is 8.17. The first-order valence-corrected chi connectivity index (χ1v) is 10.9. The molecule has 9 nitrogen and oxygen atoms in total. The Balaban J connectivity index is 1.57. The Labute approximate surface area is 206 Å². The number of nitrogens with zero attached hydrogens (tertiary/aromatic N) is 4. The minimum atomic E-state index is -4.93. The molecule has 5 rings (SSSR count). The van der Waals surface area contributed by atoms with Crippen molar-refractivity contribution < 1.29 is 32.0 Å². The third-order valence-electron chi connectivity index (χ3n) is 5.95.